The fourth-order valence-corrected chi connectivity index (χ4v) is 1.45. The number of phosphoric ester groups is 1. The Morgan fingerprint density at radius 1 is 1.36 bits per heavy atom. The molecule has 0 fully saturated rings. The summed E-state index contributed by atoms with van der Waals surface area (Å²) in [6.45, 7) is 3.74. The predicted octanol–water partition coefficient (Wildman–Crippen LogP) is 1.69. The van der Waals surface area contributed by atoms with Crippen molar-refractivity contribution < 1.29 is 23.6 Å². The number of hydrogen-bond acceptors (Lipinski definition) is 4. The minimum atomic E-state index is -3.95. The Morgan fingerprint density at radius 2 is 2.00 bits per heavy atom. The van der Waals surface area contributed by atoms with Crippen molar-refractivity contribution in [3.8, 4) is 0 Å². The first-order chi connectivity index (χ1) is 6.52. The van der Waals surface area contributed by atoms with Crippen LogP contribution in [0.15, 0.2) is 0 Å². The highest BCUT2D eigenvalue weighted by Crippen LogP contribution is 2.43. The number of rotatable bonds is 8. The van der Waals surface area contributed by atoms with Crippen molar-refractivity contribution in [1.29, 1.82) is 0 Å². The monoisotopic (exact) mass is 226 g/mol. The Labute approximate surface area is 84.7 Å². The van der Waals surface area contributed by atoms with Crippen molar-refractivity contribution in [2.45, 2.75) is 39.2 Å². The third-order valence-corrected chi connectivity index (χ3v) is 2.64. The molecule has 0 bridgehead atoms. The summed E-state index contributed by atoms with van der Waals surface area (Å²) in [4.78, 5) is 9.09. The van der Waals surface area contributed by atoms with Gasteiger partial charge in [-0.3, -0.25) is 9.05 Å². The molecule has 5 nitrogen and oxygen atoms in total. The number of phosphoric acid groups is 1. The first-order valence-corrected chi connectivity index (χ1v) is 6.31. The van der Waals surface area contributed by atoms with Crippen LogP contribution in [0.5, 0.6) is 0 Å². The molecule has 6 heteroatoms. The largest absolute Gasteiger partial charge is 0.472 e. The van der Waals surface area contributed by atoms with E-state index < -0.39 is 13.9 Å². The lowest BCUT2D eigenvalue weighted by atomic mass is 10.3. The van der Waals surface area contributed by atoms with E-state index in [0.29, 0.717) is 12.8 Å². The van der Waals surface area contributed by atoms with E-state index in [2.05, 4.69) is 9.05 Å². The summed E-state index contributed by atoms with van der Waals surface area (Å²) in [6, 6.07) is 0. The van der Waals surface area contributed by atoms with Crippen LogP contribution in [0.25, 0.3) is 0 Å². The summed E-state index contributed by atoms with van der Waals surface area (Å²) in [7, 11) is -3.95. The second-order valence-electron chi connectivity index (χ2n) is 3.01. The molecular weight excluding hydrogens is 207 g/mol. The zero-order chi connectivity index (χ0) is 11.0. The van der Waals surface area contributed by atoms with E-state index in [-0.39, 0.29) is 13.2 Å². The van der Waals surface area contributed by atoms with Gasteiger partial charge in [0.1, 0.15) is 0 Å². The van der Waals surface area contributed by atoms with Crippen molar-refractivity contribution in [3.05, 3.63) is 0 Å². The zero-order valence-corrected chi connectivity index (χ0v) is 9.57. The Hall–Kier alpha value is 0.0700. The summed E-state index contributed by atoms with van der Waals surface area (Å²) >= 11 is 0. The van der Waals surface area contributed by atoms with Crippen LogP contribution in [0.3, 0.4) is 0 Å². The third kappa shape index (κ3) is 7.47. The van der Waals surface area contributed by atoms with Crippen LogP contribution in [0.2, 0.25) is 0 Å². The summed E-state index contributed by atoms with van der Waals surface area (Å²) in [6.07, 6.45) is 1.36. The summed E-state index contributed by atoms with van der Waals surface area (Å²) in [5.74, 6) is 0. The van der Waals surface area contributed by atoms with E-state index in [4.69, 9.17) is 10.00 Å². The Bertz CT molecular complexity index is 185. The van der Waals surface area contributed by atoms with Gasteiger partial charge in [0.2, 0.25) is 0 Å². The van der Waals surface area contributed by atoms with E-state index in [9.17, 15) is 4.57 Å². The molecule has 0 saturated heterocycles. The average molecular weight is 226 g/mol. The fourth-order valence-electron chi connectivity index (χ4n) is 0.660. The van der Waals surface area contributed by atoms with Crippen LogP contribution in [0.1, 0.15) is 33.1 Å². The molecule has 0 aromatic carbocycles. The molecule has 14 heavy (non-hydrogen) atoms. The minimum absolute atomic E-state index is 0.170. The molecule has 2 N–H and O–H groups in total. The Morgan fingerprint density at radius 3 is 2.50 bits per heavy atom. The van der Waals surface area contributed by atoms with Gasteiger partial charge in [-0.25, -0.2) is 4.57 Å². The number of aliphatic hydroxyl groups is 1. The van der Waals surface area contributed by atoms with Crippen LogP contribution < -0.4 is 0 Å². The van der Waals surface area contributed by atoms with E-state index in [1.165, 1.54) is 0 Å². The first-order valence-electron chi connectivity index (χ1n) is 4.81. The van der Waals surface area contributed by atoms with E-state index in [0.717, 1.165) is 6.42 Å². The Kier molecular flexibility index (Phi) is 7.41. The van der Waals surface area contributed by atoms with Crippen LogP contribution in [0, 0.1) is 0 Å². The van der Waals surface area contributed by atoms with Gasteiger partial charge in [0, 0.05) is 0 Å². The fraction of sp³-hybridized carbons (Fsp3) is 1.00. The lowest BCUT2D eigenvalue weighted by Crippen LogP contribution is -2.13. The molecule has 2 atom stereocenters. The molecule has 2 unspecified atom stereocenters. The van der Waals surface area contributed by atoms with Crippen molar-refractivity contribution in [1.82, 2.24) is 0 Å². The molecule has 0 aromatic heterocycles. The molecule has 0 aliphatic heterocycles. The van der Waals surface area contributed by atoms with Gasteiger partial charge in [-0.1, -0.05) is 20.3 Å². The average Bonchev–Trinajstić information content (AvgIpc) is 2.14. The molecule has 0 aliphatic rings. The number of aliphatic hydroxyl groups excluding tert-OH is 1. The van der Waals surface area contributed by atoms with Crippen molar-refractivity contribution >= 4 is 7.82 Å². The van der Waals surface area contributed by atoms with Gasteiger partial charge >= 0.3 is 7.82 Å². The van der Waals surface area contributed by atoms with Crippen LogP contribution >= 0.6 is 7.82 Å². The maximum absolute atomic E-state index is 11.1. The second-order valence-corrected chi connectivity index (χ2v) is 4.47. The van der Waals surface area contributed by atoms with Crippen LogP contribution in [-0.4, -0.2) is 29.3 Å². The van der Waals surface area contributed by atoms with Crippen LogP contribution in [-0.2, 0) is 13.6 Å². The number of unbranched alkanes of at least 4 members (excludes halogenated alkanes) is 1. The summed E-state index contributed by atoms with van der Waals surface area (Å²) in [5.41, 5.74) is 0. The Balaban J connectivity index is 3.66. The third-order valence-electron chi connectivity index (χ3n) is 1.65. The van der Waals surface area contributed by atoms with E-state index in [1.54, 1.807) is 6.92 Å². The highest BCUT2D eigenvalue weighted by atomic mass is 31.2. The van der Waals surface area contributed by atoms with Gasteiger partial charge < -0.3 is 10.00 Å². The maximum Gasteiger partial charge on any atom is 0.472 e. The van der Waals surface area contributed by atoms with Crippen molar-refractivity contribution in [3.63, 3.8) is 0 Å². The molecule has 0 aromatic rings. The molecule has 0 spiro atoms. The highest BCUT2D eigenvalue weighted by Gasteiger charge is 2.21. The van der Waals surface area contributed by atoms with Gasteiger partial charge in [-0.05, 0) is 12.8 Å². The molecule has 0 saturated carbocycles. The van der Waals surface area contributed by atoms with Gasteiger partial charge in [0.25, 0.3) is 0 Å². The molecule has 0 rings (SSSR count). The molecule has 0 radical (unpaired) electrons. The zero-order valence-electron chi connectivity index (χ0n) is 8.68. The van der Waals surface area contributed by atoms with Crippen molar-refractivity contribution in [2.75, 3.05) is 13.2 Å². The minimum Gasteiger partial charge on any atom is -0.391 e. The van der Waals surface area contributed by atoms with E-state index >= 15 is 0 Å². The molecule has 86 valence electrons. The lowest BCUT2D eigenvalue weighted by molar-refractivity contribution is 0.0709. The van der Waals surface area contributed by atoms with Crippen molar-refractivity contribution in [2.24, 2.45) is 0 Å². The van der Waals surface area contributed by atoms with Gasteiger partial charge in [-0.15, -0.1) is 0 Å². The standard InChI is InChI=1S/C8H19O5P/c1-3-5-6-12-14(10,11)13-7-8(9)4-2/h8-9H,3-7H2,1-2H3,(H,10,11). The first kappa shape index (κ1) is 14.1. The topological polar surface area (TPSA) is 76.0 Å². The van der Waals surface area contributed by atoms with Crippen LogP contribution in [0.4, 0.5) is 0 Å². The normalized spacial score (nSPS) is 17.7. The van der Waals surface area contributed by atoms with Gasteiger partial charge in [0.15, 0.2) is 0 Å². The molecule has 0 heterocycles. The molecular formula is C8H19O5P. The maximum atomic E-state index is 11.1. The number of hydrogen-bond donors (Lipinski definition) is 2. The molecule has 0 aliphatic carbocycles. The quantitative estimate of drug-likeness (QED) is 0.486. The summed E-state index contributed by atoms with van der Waals surface area (Å²) < 4.78 is 20.3. The summed E-state index contributed by atoms with van der Waals surface area (Å²) in [5, 5.41) is 9.08. The second kappa shape index (κ2) is 7.37. The van der Waals surface area contributed by atoms with E-state index in [1.807, 2.05) is 6.92 Å². The predicted molar refractivity (Wildman–Crippen MR) is 52.9 cm³/mol. The SMILES string of the molecule is CCCCOP(=O)(O)OCC(O)CC. The van der Waals surface area contributed by atoms with Gasteiger partial charge in [-0.2, -0.15) is 0 Å². The smallest absolute Gasteiger partial charge is 0.391 e. The van der Waals surface area contributed by atoms with Gasteiger partial charge in [0.05, 0.1) is 19.3 Å². The lowest BCUT2D eigenvalue weighted by Gasteiger charge is -2.13. The highest BCUT2D eigenvalue weighted by molar-refractivity contribution is 7.47. The molecule has 0 amide bonds.